The van der Waals surface area contributed by atoms with Gasteiger partial charge in [-0.15, -0.1) is 0 Å². The molecule has 0 aliphatic carbocycles. The van der Waals surface area contributed by atoms with Gasteiger partial charge in [0.15, 0.2) is 0 Å². The lowest BCUT2D eigenvalue weighted by molar-refractivity contribution is -0.149. The van der Waals surface area contributed by atoms with Gasteiger partial charge in [0.05, 0.1) is 19.3 Å². The van der Waals surface area contributed by atoms with Crippen LogP contribution in [-0.4, -0.2) is 38.9 Å². The normalized spacial score (nSPS) is 20.1. The fourth-order valence-corrected chi connectivity index (χ4v) is 2.56. The first-order valence-electron chi connectivity index (χ1n) is 7.72. The summed E-state index contributed by atoms with van der Waals surface area (Å²) in [7, 11) is 1.52. The summed E-state index contributed by atoms with van der Waals surface area (Å²) in [5.74, 6) is -0.642. The van der Waals surface area contributed by atoms with E-state index in [4.69, 9.17) is 14.2 Å². The van der Waals surface area contributed by atoms with Crippen molar-refractivity contribution in [3.05, 3.63) is 42.1 Å². The molecule has 2 amide bonds. The number of benzene rings is 1. The number of rotatable bonds is 7. The van der Waals surface area contributed by atoms with Crippen LogP contribution >= 0.6 is 0 Å². The van der Waals surface area contributed by atoms with E-state index in [-0.39, 0.29) is 12.3 Å². The minimum atomic E-state index is -0.763. The van der Waals surface area contributed by atoms with Gasteiger partial charge in [0.2, 0.25) is 0 Å². The lowest BCUT2D eigenvalue weighted by Crippen LogP contribution is -2.51. The number of methoxy groups -OCH3 is 1. The fraction of sp³-hybridized carbons (Fsp3) is 0.412. The smallest absolute Gasteiger partial charge is 0.319 e. The number of carbonyl (C=O) groups is 2. The zero-order valence-corrected chi connectivity index (χ0v) is 13.8. The number of esters is 1. The molecule has 7 nitrogen and oxygen atoms in total. The minimum Gasteiger partial charge on any atom is -0.494 e. The third kappa shape index (κ3) is 4.05. The predicted molar refractivity (Wildman–Crippen MR) is 87.5 cm³/mol. The van der Waals surface area contributed by atoms with Crippen molar-refractivity contribution in [3.63, 3.8) is 0 Å². The Bertz CT molecular complexity index is 617. The summed E-state index contributed by atoms with van der Waals surface area (Å²) in [5, 5.41) is 5.29. The van der Waals surface area contributed by atoms with Crippen LogP contribution in [0.2, 0.25) is 0 Å². The predicted octanol–water partition coefficient (Wildman–Crippen LogP) is 1.76. The van der Waals surface area contributed by atoms with Crippen LogP contribution in [0.3, 0.4) is 0 Å². The van der Waals surface area contributed by atoms with E-state index in [9.17, 15) is 9.59 Å². The Hall–Kier alpha value is -2.54. The van der Waals surface area contributed by atoms with Gasteiger partial charge in [-0.1, -0.05) is 24.8 Å². The van der Waals surface area contributed by atoms with Crippen molar-refractivity contribution < 1.29 is 23.8 Å². The molecule has 2 N–H and O–H groups in total. The topological polar surface area (TPSA) is 85.9 Å². The lowest BCUT2D eigenvalue weighted by atomic mass is 9.88. The van der Waals surface area contributed by atoms with Crippen LogP contribution < -0.4 is 15.4 Å². The molecule has 0 spiro atoms. The average Bonchev–Trinajstić information content (AvgIpc) is 2.55. The number of hydrogen-bond donors (Lipinski definition) is 2. The van der Waals surface area contributed by atoms with Gasteiger partial charge in [-0.2, -0.15) is 0 Å². The van der Waals surface area contributed by atoms with Gasteiger partial charge < -0.3 is 24.8 Å². The number of carbonyl (C=O) groups excluding carboxylic acids is 2. The van der Waals surface area contributed by atoms with Gasteiger partial charge in [0, 0.05) is 18.4 Å². The molecule has 0 saturated carbocycles. The second kappa shape index (κ2) is 8.35. The van der Waals surface area contributed by atoms with Crippen molar-refractivity contribution in [3.8, 4) is 5.75 Å². The van der Waals surface area contributed by atoms with Gasteiger partial charge in [-0.05, 0) is 13.0 Å². The molecule has 2 atom stereocenters. The zero-order valence-electron chi connectivity index (χ0n) is 13.8. The monoisotopic (exact) mass is 334 g/mol. The average molecular weight is 334 g/mol. The van der Waals surface area contributed by atoms with Crippen LogP contribution in [0, 0.1) is 5.92 Å². The van der Waals surface area contributed by atoms with Crippen LogP contribution in [0.5, 0.6) is 5.75 Å². The highest BCUT2D eigenvalue weighted by Gasteiger charge is 2.40. The molecular weight excluding hydrogens is 312 g/mol. The molecule has 0 bridgehead atoms. The Labute approximate surface area is 141 Å². The van der Waals surface area contributed by atoms with Crippen molar-refractivity contribution in [1.82, 2.24) is 10.6 Å². The number of amides is 2. The Morgan fingerprint density at radius 1 is 1.29 bits per heavy atom. The van der Waals surface area contributed by atoms with Crippen LogP contribution in [0.4, 0.5) is 4.79 Å². The first kappa shape index (κ1) is 17.8. The number of nitrogens with one attached hydrogen (secondary N) is 2. The van der Waals surface area contributed by atoms with E-state index in [1.54, 1.807) is 6.07 Å². The number of para-hydroxylation sites is 1. The third-order valence-electron chi connectivity index (χ3n) is 3.61. The second-order valence-corrected chi connectivity index (χ2v) is 5.21. The molecule has 2 rings (SSSR count). The maximum atomic E-state index is 12.5. The van der Waals surface area contributed by atoms with E-state index in [1.807, 2.05) is 25.1 Å². The quantitative estimate of drug-likeness (QED) is 0.586. The molecule has 0 radical (unpaired) electrons. The third-order valence-corrected chi connectivity index (χ3v) is 3.61. The highest BCUT2D eigenvalue weighted by molar-refractivity contribution is 5.85. The number of ether oxygens (including phenoxy) is 3. The summed E-state index contributed by atoms with van der Waals surface area (Å²) in [6.45, 7) is 6.57. The van der Waals surface area contributed by atoms with Crippen molar-refractivity contribution in [2.75, 3.05) is 26.9 Å². The summed E-state index contributed by atoms with van der Waals surface area (Å²) in [6.07, 6.45) is 0. The standard InChI is InChI=1S/C17H22N2O5/c1-4-23-13-8-6-5-7-12(13)15-14(11(2)18-17(21)19-15)16(20)24-10-9-22-3/h5-8,14-15H,2,4,9-10H2,1,3H3,(H2,18,19,21)/t14-,15+/m1/s1. The molecule has 1 fully saturated rings. The van der Waals surface area contributed by atoms with Crippen molar-refractivity contribution in [2.45, 2.75) is 13.0 Å². The number of urea groups is 1. The van der Waals surface area contributed by atoms with Crippen molar-refractivity contribution in [2.24, 2.45) is 5.92 Å². The van der Waals surface area contributed by atoms with Gasteiger partial charge in [-0.25, -0.2) is 4.79 Å². The maximum absolute atomic E-state index is 12.5. The first-order valence-corrected chi connectivity index (χ1v) is 7.72. The van der Waals surface area contributed by atoms with Gasteiger partial charge in [-0.3, -0.25) is 4.79 Å². The fourth-order valence-electron chi connectivity index (χ4n) is 2.56. The van der Waals surface area contributed by atoms with E-state index in [0.717, 1.165) is 0 Å². The summed E-state index contributed by atoms with van der Waals surface area (Å²) >= 11 is 0. The summed E-state index contributed by atoms with van der Waals surface area (Å²) < 4.78 is 15.7. The van der Waals surface area contributed by atoms with Crippen LogP contribution in [0.15, 0.2) is 36.5 Å². The lowest BCUT2D eigenvalue weighted by Gasteiger charge is -2.33. The summed E-state index contributed by atoms with van der Waals surface area (Å²) in [6, 6.07) is 6.22. The largest absolute Gasteiger partial charge is 0.494 e. The molecule has 1 aromatic carbocycles. The Balaban J connectivity index is 2.30. The Morgan fingerprint density at radius 2 is 2.04 bits per heavy atom. The van der Waals surface area contributed by atoms with E-state index >= 15 is 0 Å². The molecule has 1 aliphatic rings. The van der Waals surface area contributed by atoms with E-state index in [0.29, 0.717) is 24.5 Å². The number of hydrogen-bond acceptors (Lipinski definition) is 5. The van der Waals surface area contributed by atoms with Gasteiger partial charge in [0.25, 0.3) is 0 Å². The van der Waals surface area contributed by atoms with Crippen LogP contribution in [0.1, 0.15) is 18.5 Å². The minimum absolute atomic E-state index is 0.132. The highest BCUT2D eigenvalue weighted by atomic mass is 16.6. The molecule has 0 unspecified atom stereocenters. The maximum Gasteiger partial charge on any atom is 0.319 e. The molecule has 7 heteroatoms. The molecular formula is C17H22N2O5. The Kier molecular flexibility index (Phi) is 6.20. The van der Waals surface area contributed by atoms with Gasteiger partial charge >= 0.3 is 12.0 Å². The van der Waals surface area contributed by atoms with E-state index in [2.05, 4.69) is 17.2 Å². The summed E-state index contributed by atoms with van der Waals surface area (Å²) in [5.41, 5.74) is 0.988. The van der Waals surface area contributed by atoms with Crippen LogP contribution in [-0.2, 0) is 14.3 Å². The summed E-state index contributed by atoms with van der Waals surface area (Å²) in [4.78, 5) is 24.3. The zero-order chi connectivity index (χ0) is 17.5. The molecule has 1 aromatic rings. The molecule has 0 aromatic heterocycles. The second-order valence-electron chi connectivity index (χ2n) is 5.21. The molecule has 1 heterocycles. The molecule has 1 saturated heterocycles. The van der Waals surface area contributed by atoms with Gasteiger partial charge in [0.1, 0.15) is 18.3 Å². The van der Waals surface area contributed by atoms with Crippen molar-refractivity contribution in [1.29, 1.82) is 0 Å². The SMILES string of the molecule is C=C1NC(=O)N[C@@H](c2ccccc2OCC)[C@@H]1C(=O)OCCOC. The molecule has 1 aliphatic heterocycles. The Morgan fingerprint density at radius 3 is 2.75 bits per heavy atom. The van der Waals surface area contributed by atoms with Crippen molar-refractivity contribution >= 4 is 12.0 Å². The molecule has 24 heavy (non-hydrogen) atoms. The van der Waals surface area contributed by atoms with Crippen LogP contribution in [0.25, 0.3) is 0 Å². The molecule has 130 valence electrons. The first-order chi connectivity index (χ1) is 11.6. The van der Waals surface area contributed by atoms with E-state index < -0.39 is 24.0 Å². The highest BCUT2D eigenvalue weighted by Crippen LogP contribution is 2.35. The van der Waals surface area contributed by atoms with E-state index in [1.165, 1.54) is 7.11 Å².